The van der Waals surface area contributed by atoms with E-state index >= 15 is 0 Å². The standard InChI is InChI=1S/C19H23N3O3/c23-17(19(6-7-19)18(24)22-9-11-25-12-10-22)20-8-5-14-13-21-16-4-2-1-3-15(14)16/h1-4,13,21H,5-12H2,(H,20,23). The first-order valence-corrected chi connectivity index (χ1v) is 8.91. The topological polar surface area (TPSA) is 74.4 Å². The molecule has 132 valence electrons. The van der Waals surface area contributed by atoms with Gasteiger partial charge < -0.3 is 19.9 Å². The van der Waals surface area contributed by atoms with Gasteiger partial charge in [0.1, 0.15) is 5.41 Å². The van der Waals surface area contributed by atoms with Gasteiger partial charge in [0.15, 0.2) is 0 Å². The van der Waals surface area contributed by atoms with Gasteiger partial charge in [0.05, 0.1) is 13.2 Å². The third-order valence-corrected chi connectivity index (χ3v) is 5.25. The van der Waals surface area contributed by atoms with Crippen LogP contribution in [0.4, 0.5) is 0 Å². The van der Waals surface area contributed by atoms with Crippen LogP contribution in [0.3, 0.4) is 0 Å². The Morgan fingerprint density at radius 3 is 2.72 bits per heavy atom. The summed E-state index contributed by atoms with van der Waals surface area (Å²) in [6.45, 7) is 2.83. The molecular formula is C19H23N3O3. The minimum Gasteiger partial charge on any atom is -0.378 e. The van der Waals surface area contributed by atoms with Crippen molar-refractivity contribution in [3.63, 3.8) is 0 Å². The second-order valence-corrected chi connectivity index (χ2v) is 6.85. The van der Waals surface area contributed by atoms with E-state index in [1.807, 2.05) is 24.4 Å². The Morgan fingerprint density at radius 1 is 1.20 bits per heavy atom. The highest BCUT2D eigenvalue weighted by atomic mass is 16.5. The first kappa shape index (κ1) is 16.1. The van der Waals surface area contributed by atoms with E-state index in [1.54, 1.807) is 4.90 Å². The third-order valence-electron chi connectivity index (χ3n) is 5.25. The highest BCUT2D eigenvalue weighted by Crippen LogP contribution is 2.47. The zero-order valence-corrected chi connectivity index (χ0v) is 14.2. The van der Waals surface area contributed by atoms with Gasteiger partial charge in [-0.1, -0.05) is 18.2 Å². The molecule has 2 heterocycles. The monoisotopic (exact) mass is 341 g/mol. The first-order chi connectivity index (χ1) is 12.2. The molecule has 6 nitrogen and oxygen atoms in total. The Kier molecular flexibility index (Phi) is 4.21. The van der Waals surface area contributed by atoms with Crippen LogP contribution in [0.1, 0.15) is 18.4 Å². The fraction of sp³-hybridized carbons (Fsp3) is 0.474. The van der Waals surface area contributed by atoms with Crippen molar-refractivity contribution in [1.82, 2.24) is 15.2 Å². The number of nitrogens with zero attached hydrogens (tertiary/aromatic N) is 1. The van der Waals surface area contributed by atoms with E-state index in [9.17, 15) is 9.59 Å². The quantitative estimate of drug-likeness (QED) is 0.809. The minimum absolute atomic E-state index is 0.0274. The van der Waals surface area contributed by atoms with Crippen molar-refractivity contribution in [2.75, 3.05) is 32.8 Å². The largest absolute Gasteiger partial charge is 0.378 e. The summed E-state index contributed by atoms with van der Waals surface area (Å²) in [7, 11) is 0. The van der Waals surface area contributed by atoms with E-state index in [1.165, 1.54) is 10.9 Å². The van der Waals surface area contributed by atoms with Gasteiger partial charge in [0.2, 0.25) is 11.8 Å². The van der Waals surface area contributed by atoms with Crippen LogP contribution < -0.4 is 5.32 Å². The summed E-state index contributed by atoms with van der Waals surface area (Å²) in [6, 6.07) is 8.13. The predicted molar refractivity (Wildman–Crippen MR) is 94.1 cm³/mol. The van der Waals surface area contributed by atoms with E-state index in [0.717, 1.165) is 11.9 Å². The normalized spacial score (nSPS) is 19.0. The number of hydrogen-bond donors (Lipinski definition) is 2. The van der Waals surface area contributed by atoms with Gasteiger partial charge in [-0.15, -0.1) is 0 Å². The molecule has 2 amide bonds. The Balaban J connectivity index is 1.35. The van der Waals surface area contributed by atoms with Crippen LogP contribution in [0.25, 0.3) is 10.9 Å². The van der Waals surface area contributed by atoms with E-state index in [4.69, 9.17) is 4.74 Å². The van der Waals surface area contributed by atoms with Gasteiger partial charge in [-0.3, -0.25) is 9.59 Å². The summed E-state index contributed by atoms with van der Waals surface area (Å²) >= 11 is 0. The highest BCUT2D eigenvalue weighted by Gasteiger charge is 2.57. The van der Waals surface area contributed by atoms with Gasteiger partial charge in [0, 0.05) is 36.7 Å². The van der Waals surface area contributed by atoms with Crippen molar-refractivity contribution in [3.8, 4) is 0 Å². The van der Waals surface area contributed by atoms with Crippen LogP contribution in [-0.4, -0.2) is 54.5 Å². The van der Waals surface area contributed by atoms with Gasteiger partial charge in [0.25, 0.3) is 0 Å². The van der Waals surface area contributed by atoms with Gasteiger partial charge in [-0.2, -0.15) is 0 Å². The SMILES string of the molecule is O=C(NCCc1c[nH]c2ccccc12)C1(C(=O)N2CCOCC2)CC1. The fourth-order valence-electron chi connectivity index (χ4n) is 3.55. The number of carbonyl (C=O) groups is 2. The zero-order valence-electron chi connectivity index (χ0n) is 14.2. The summed E-state index contributed by atoms with van der Waals surface area (Å²) in [5.74, 6) is -0.149. The number of benzene rings is 1. The molecule has 2 aliphatic rings. The van der Waals surface area contributed by atoms with Crippen LogP contribution in [0.2, 0.25) is 0 Å². The van der Waals surface area contributed by atoms with Crippen molar-refractivity contribution < 1.29 is 14.3 Å². The van der Waals surface area contributed by atoms with Gasteiger partial charge in [-0.05, 0) is 30.9 Å². The van der Waals surface area contributed by atoms with E-state index in [0.29, 0.717) is 45.7 Å². The maximum absolute atomic E-state index is 12.7. The van der Waals surface area contributed by atoms with Crippen molar-refractivity contribution in [3.05, 3.63) is 36.0 Å². The molecule has 0 unspecified atom stereocenters. The molecule has 0 bridgehead atoms. The number of H-pyrrole nitrogens is 1. The second kappa shape index (κ2) is 6.52. The fourth-order valence-corrected chi connectivity index (χ4v) is 3.55. The van der Waals surface area contributed by atoms with Crippen molar-refractivity contribution >= 4 is 22.7 Å². The Labute approximate surface area is 146 Å². The molecule has 6 heteroatoms. The van der Waals surface area contributed by atoms with Crippen molar-refractivity contribution in [1.29, 1.82) is 0 Å². The number of nitrogens with one attached hydrogen (secondary N) is 2. The number of morpholine rings is 1. The van der Waals surface area contributed by atoms with Crippen molar-refractivity contribution in [2.45, 2.75) is 19.3 Å². The molecule has 0 spiro atoms. The zero-order chi connectivity index (χ0) is 17.3. The summed E-state index contributed by atoms with van der Waals surface area (Å²) in [5, 5.41) is 4.16. The number of rotatable bonds is 5. The van der Waals surface area contributed by atoms with Crippen LogP contribution in [0.5, 0.6) is 0 Å². The molecule has 2 aromatic rings. The van der Waals surface area contributed by atoms with Gasteiger partial charge >= 0.3 is 0 Å². The lowest BCUT2D eigenvalue weighted by atomic mass is 10.0. The van der Waals surface area contributed by atoms with Crippen LogP contribution in [0.15, 0.2) is 30.5 Å². The molecule has 0 radical (unpaired) electrons. The number of carbonyl (C=O) groups excluding carboxylic acids is 2. The number of amides is 2. The number of hydrogen-bond acceptors (Lipinski definition) is 3. The molecule has 25 heavy (non-hydrogen) atoms. The Bertz CT molecular complexity index is 788. The lowest BCUT2D eigenvalue weighted by molar-refractivity contribution is -0.147. The van der Waals surface area contributed by atoms with Crippen LogP contribution >= 0.6 is 0 Å². The van der Waals surface area contributed by atoms with E-state index in [-0.39, 0.29) is 11.8 Å². The van der Waals surface area contributed by atoms with E-state index < -0.39 is 5.41 Å². The maximum Gasteiger partial charge on any atom is 0.238 e. The molecule has 1 saturated heterocycles. The number of aromatic amines is 1. The number of fused-ring (bicyclic) bond motifs is 1. The predicted octanol–water partition coefficient (Wildman–Crippen LogP) is 1.47. The van der Waals surface area contributed by atoms with Crippen LogP contribution in [0, 0.1) is 5.41 Å². The highest BCUT2D eigenvalue weighted by molar-refractivity contribution is 6.07. The smallest absolute Gasteiger partial charge is 0.238 e. The lowest BCUT2D eigenvalue weighted by Gasteiger charge is -2.30. The summed E-state index contributed by atoms with van der Waals surface area (Å²) in [6.07, 6.45) is 4.05. The van der Waals surface area contributed by atoms with Crippen molar-refractivity contribution in [2.24, 2.45) is 5.41 Å². The Hall–Kier alpha value is -2.34. The molecular weight excluding hydrogens is 318 g/mol. The molecule has 0 atom stereocenters. The Morgan fingerprint density at radius 2 is 1.96 bits per heavy atom. The average molecular weight is 341 g/mol. The molecule has 1 saturated carbocycles. The average Bonchev–Trinajstić information content (AvgIpc) is 3.38. The summed E-state index contributed by atoms with van der Waals surface area (Å²) < 4.78 is 5.29. The molecule has 4 rings (SSSR count). The number of aromatic nitrogens is 1. The summed E-state index contributed by atoms with van der Waals surface area (Å²) in [5.41, 5.74) is 1.46. The molecule has 1 aliphatic carbocycles. The molecule has 1 aromatic carbocycles. The molecule has 2 N–H and O–H groups in total. The molecule has 2 fully saturated rings. The molecule has 1 aromatic heterocycles. The lowest BCUT2D eigenvalue weighted by Crippen LogP contribution is -2.49. The number of para-hydroxylation sites is 1. The van der Waals surface area contributed by atoms with Gasteiger partial charge in [-0.25, -0.2) is 0 Å². The number of ether oxygens (including phenoxy) is 1. The van der Waals surface area contributed by atoms with E-state index in [2.05, 4.69) is 16.4 Å². The maximum atomic E-state index is 12.7. The second-order valence-electron chi connectivity index (χ2n) is 6.85. The summed E-state index contributed by atoms with van der Waals surface area (Å²) in [4.78, 5) is 30.3. The van der Waals surface area contributed by atoms with Crippen LogP contribution in [-0.2, 0) is 20.7 Å². The third kappa shape index (κ3) is 3.02. The minimum atomic E-state index is -0.822. The molecule has 1 aliphatic heterocycles. The first-order valence-electron chi connectivity index (χ1n) is 8.91.